The van der Waals surface area contributed by atoms with Crippen molar-refractivity contribution in [2.24, 2.45) is 5.41 Å². The van der Waals surface area contributed by atoms with Crippen molar-refractivity contribution in [2.45, 2.75) is 25.9 Å². The number of carbonyl (C=O) groups excluding carboxylic acids is 2. The van der Waals surface area contributed by atoms with E-state index in [9.17, 15) is 14.0 Å². The van der Waals surface area contributed by atoms with Crippen LogP contribution < -0.4 is 5.32 Å². The second-order valence-corrected chi connectivity index (χ2v) is 5.43. The van der Waals surface area contributed by atoms with Crippen molar-refractivity contribution >= 4 is 11.9 Å². The fourth-order valence-corrected chi connectivity index (χ4v) is 3.21. The van der Waals surface area contributed by atoms with Gasteiger partial charge in [-0.3, -0.25) is 4.79 Å². The number of nitrogens with zero attached hydrogens (tertiary/aromatic N) is 1. The van der Waals surface area contributed by atoms with E-state index in [2.05, 4.69) is 5.32 Å². The molecule has 5 nitrogen and oxygen atoms in total. The minimum atomic E-state index is -1.15. The fraction of sp³-hybridized carbons (Fsp3) is 0.692. The van der Waals surface area contributed by atoms with Gasteiger partial charge in [-0.15, -0.1) is 0 Å². The molecule has 19 heavy (non-hydrogen) atoms. The zero-order chi connectivity index (χ0) is 13.6. The van der Waals surface area contributed by atoms with Gasteiger partial charge in [-0.1, -0.05) is 0 Å². The Balaban J connectivity index is 1.88. The molecule has 1 amide bonds. The topological polar surface area (TPSA) is 58.6 Å². The van der Waals surface area contributed by atoms with E-state index in [4.69, 9.17) is 4.74 Å². The lowest BCUT2D eigenvalue weighted by molar-refractivity contribution is -0.140. The van der Waals surface area contributed by atoms with E-state index in [-0.39, 0.29) is 25.0 Å². The Bertz CT molecular complexity index is 477. The zero-order valence-corrected chi connectivity index (χ0v) is 10.9. The lowest BCUT2D eigenvalue weighted by Crippen LogP contribution is -2.51. The average Bonchev–Trinajstić information content (AvgIpc) is 2.88. The van der Waals surface area contributed by atoms with Crippen LogP contribution >= 0.6 is 0 Å². The maximum absolute atomic E-state index is 14.2. The van der Waals surface area contributed by atoms with Crippen LogP contribution in [0.4, 0.5) is 4.39 Å². The minimum Gasteiger partial charge on any atom is -0.456 e. The van der Waals surface area contributed by atoms with Gasteiger partial charge in [-0.2, -0.15) is 0 Å². The molecular weight excluding hydrogens is 251 g/mol. The molecule has 0 aliphatic carbocycles. The van der Waals surface area contributed by atoms with E-state index in [1.54, 1.807) is 11.8 Å². The number of likely N-dealkylation sites (tertiary alicyclic amines) is 1. The number of alkyl halides is 1. The number of amides is 1. The Labute approximate surface area is 110 Å². The van der Waals surface area contributed by atoms with Crippen LogP contribution in [0.15, 0.2) is 11.3 Å². The molecule has 6 heteroatoms. The molecule has 0 bridgehead atoms. The van der Waals surface area contributed by atoms with Crippen molar-refractivity contribution in [1.82, 2.24) is 10.2 Å². The maximum atomic E-state index is 14.2. The fourth-order valence-electron chi connectivity index (χ4n) is 3.21. The number of nitrogens with one attached hydrogen (secondary N) is 1. The Morgan fingerprint density at radius 2 is 2.21 bits per heavy atom. The molecule has 0 unspecified atom stereocenters. The molecule has 2 saturated heterocycles. The summed E-state index contributed by atoms with van der Waals surface area (Å²) in [5.41, 5.74) is 0.178. The summed E-state index contributed by atoms with van der Waals surface area (Å²) in [5.74, 6) is -0.569. The summed E-state index contributed by atoms with van der Waals surface area (Å²) < 4.78 is 19.1. The average molecular weight is 268 g/mol. The van der Waals surface area contributed by atoms with Crippen LogP contribution in [0.2, 0.25) is 0 Å². The lowest BCUT2D eigenvalue weighted by atomic mass is 9.76. The van der Waals surface area contributed by atoms with E-state index in [0.717, 1.165) is 0 Å². The first kappa shape index (κ1) is 12.6. The summed E-state index contributed by atoms with van der Waals surface area (Å²) in [4.78, 5) is 25.5. The van der Waals surface area contributed by atoms with Crippen LogP contribution in [0.5, 0.6) is 0 Å². The normalized spacial score (nSPS) is 35.5. The van der Waals surface area contributed by atoms with Crippen molar-refractivity contribution < 1.29 is 18.7 Å². The zero-order valence-electron chi connectivity index (χ0n) is 10.9. The van der Waals surface area contributed by atoms with Crippen molar-refractivity contribution in [3.63, 3.8) is 0 Å². The minimum absolute atomic E-state index is 0.127. The molecule has 2 atom stereocenters. The van der Waals surface area contributed by atoms with Crippen molar-refractivity contribution in [1.29, 1.82) is 0 Å². The Morgan fingerprint density at radius 1 is 1.42 bits per heavy atom. The smallest absolute Gasteiger partial charge is 0.336 e. The quantitative estimate of drug-likeness (QED) is 0.698. The van der Waals surface area contributed by atoms with Crippen LogP contribution in [-0.2, 0) is 14.3 Å². The summed E-state index contributed by atoms with van der Waals surface area (Å²) in [6, 6.07) is 0. The third-order valence-electron chi connectivity index (χ3n) is 4.53. The first-order valence-corrected chi connectivity index (χ1v) is 6.60. The highest BCUT2D eigenvalue weighted by Crippen LogP contribution is 2.43. The Morgan fingerprint density at radius 3 is 2.84 bits per heavy atom. The maximum Gasteiger partial charge on any atom is 0.336 e. The van der Waals surface area contributed by atoms with E-state index in [1.807, 2.05) is 0 Å². The standard InChI is InChI=1S/C13H17FN2O3/c1-8-9(7-19-11(8)17)16-5-3-13(12(16)18)2-4-15-6-10(13)14/h10,15H,2-7H2,1H3/t10-,13+/m1/s1. The van der Waals surface area contributed by atoms with Crippen LogP contribution in [0, 0.1) is 5.41 Å². The highest BCUT2D eigenvalue weighted by atomic mass is 19.1. The summed E-state index contributed by atoms with van der Waals surface area (Å²) in [7, 11) is 0. The van der Waals surface area contributed by atoms with Gasteiger partial charge < -0.3 is 15.0 Å². The molecule has 0 saturated carbocycles. The van der Waals surface area contributed by atoms with Crippen LogP contribution in [0.3, 0.4) is 0 Å². The van der Waals surface area contributed by atoms with E-state index in [0.29, 0.717) is 37.2 Å². The molecule has 3 aliphatic rings. The van der Waals surface area contributed by atoms with Gasteiger partial charge in [0, 0.05) is 13.1 Å². The summed E-state index contributed by atoms with van der Waals surface area (Å²) in [6.45, 7) is 3.14. The van der Waals surface area contributed by atoms with Crippen LogP contribution in [0.1, 0.15) is 19.8 Å². The van der Waals surface area contributed by atoms with Gasteiger partial charge in [0.05, 0.1) is 16.7 Å². The molecule has 104 valence electrons. The predicted molar refractivity (Wildman–Crippen MR) is 64.8 cm³/mol. The van der Waals surface area contributed by atoms with Gasteiger partial charge in [0.1, 0.15) is 12.8 Å². The molecule has 0 aromatic rings. The van der Waals surface area contributed by atoms with Gasteiger partial charge in [0.2, 0.25) is 5.91 Å². The van der Waals surface area contributed by atoms with Crippen LogP contribution in [0.25, 0.3) is 0 Å². The Hall–Kier alpha value is -1.43. The number of rotatable bonds is 1. The third-order valence-corrected chi connectivity index (χ3v) is 4.53. The van der Waals surface area contributed by atoms with Gasteiger partial charge in [0.15, 0.2) is 0 Å². The number of hydrogen-bond donors (Lipinski definition) is 1. The molecule has 1 N–H and O–H groups in total. The Kier molecular flexibility index (Phi) is 2.85. The van der Waals surface area contributed by atoms with E-state index in [1.165, 1.54) is 0 Å². The summed E-state index contributed by atoms with van der Waals surface area (Å²) in [6.07, 6.45) is -0.123. The summed E-state index contributed by atoms with van der Waals surface area (Å²) in [5, 5.41) is 2.97. The molecule has 0 radical (unpaired) electrons. The third kappa shape index (κ3) is 1.69. The molecule has 3 heterocycles. The largest absolute Gasteiger partial charge is 0.456 e. The second kappa shape index (κ2) is 4.30. The van der Waals surface area contributed by atoms with Crippen molar-refractivity contribution in [3.05, 3.63) is 11.3 Å². The SMILES string of the molecule is CC1=C(N2CC[C@]3(CCNC[C@H]3F)C2=O)COC1=O. The number of halogens is 1. The van der Waals surface area contributed by atoms with Gasteiger partial charge in [-0.05, 0) is 26.3 Å². The van der Waals surface area contributed by atoms with Gasteiger partial charge in [-0.25, -0.2) is 9.18 Å². The monoisotopic (exact) mass is 268 g/mol. The number of ether oxygens (including phenoxy) is 1. The molecule has 3 rings (SSSR count). The summed E-state index contributed by atoms with van der Waals surface area (Å²) >= 11 is 0. The first-order valence-electron chi connectivity index (χ1n) is 6.60. The lowest BCUT2D eigenvalue weighted by Gasteiger charge is -2.35. The van der Waals surface area contributed by atoms with E-state index >= 15 is 0 Å². The number of cyclic esters (lactones) is 1. The highest BCUT2D eigenvalue weighted by molar-refractivity contribution is 5.94. The van der Waals surface area contributed by atoms with Gasteiger partial charge >= 0.3 is 5.97 Å². The van der Waals surface area contributed by atoms with Crippen molar-refractivity contribution in [2.75, 3.05) is 26.2 Å². The van der Waals surface area contributed by atoms with Crippen LogP contribution in [-0.4, -0.2) is 49.2 Å². The number of hydrogen-bond acceptors (Lipinski definition) is 4. The number of carbonyl (C=O) groups is 2. The predicted octanol–water partition coefficient (Wildman–Crippen LogP) is 0.367. The molecule has 1 spiro atoms. The molecule has 2 fully saturated rings. The number of piperidine rings is 1. The molecule has 0 aromatic carbocycles. The first-order chi connectivity index (χ1) is 9.06. The molecular formula is C13H17FN2O3. The molecule has 3 aliphatic heterocycles. The van der Waals surface area contributed by atoms with Gasteiger partial charge in [0.25, 0.3) is 0 Å². The highest BCUT2D eigenvalue weighted by Gasteiger charge is 2.54. The van der Waals surface area contributed by atoms with Crippen molar-refractivity contribution in [3.8, 4) is 0 Å². The number of esters is 1. The second-order valence-electron chi connectivity index (χ2n) is 5.43. The molecule has 0 aromatic heterocycles. The van der Waals surface area contributed by atoms with E-state index < -0.39 is 11.6 Å².